The van der Waals surface area contributed by atoms with Crippen LogP contribution in [0.25, 0.3) is 0 Å². The summed E-state index contributed by atoms with van der Waals surface area (Å²) in [6.07, 6.45) is 5.75. The summed E-state index contributed by atoms with van der Waals surface area (Å²) in [5.74, 6) is -0.0423. The summed E-state index contributed by atoms with van der Waals surface area (Å²) in [5.41, 5.74) is 5.66. The van der Waals surface area contributed by atoms with Crippen molar-refractivity contribution in [1.29, 1.82) is 0 Å². The first kappa shape index (κ1) is 16.4. The molecule has 0 aliphatic heterocycles. The zero-order valence-electron chi connectivity index (χ0n) is 12.4. The first-order valence-corrected chi connectivity index (χ1v) is 8.84. The molecule has 0 bridgehead atoms. The minimum Gasteiger partial charge on any atom is -0.326 e. The van der Waals surface area contributed by atoms with Crippen LogP contribution in [0, 0.1) is 11.7 Å². The Morgan fingerprint density at radius 1 is 1.29 bits per heavy atom. The molecule has 0 aromatic heterocycles. The summed E-state index contributed by atoms with van der Waals surface area (Å²) in [6, 6.07) is 3.81. The average molecular weight is 314 g/mol. The molecule has 0 radical (unpaired) electrons. The van der Waals surface area contributed by atoms with Gasteiger partial charge in [0.1, 0.15) is 5.82 Å². The molecule has 2 N–H and O–H groups in total. The monoisotopic (exact) mass is 314 g/mol. The Balaban J connectivity index is 2.16. The quantitative estimate of drug-likeness (QED) is 0.908. The fourth-order valence-electron chi connectivity index (χ4n) is 2.88. The lowest BCUT2D eigenvalue weighted by Gasteiger charge is -2.26. The molecular formula is C15H23FN2O2S. The summed E-state index contributed by atoms with van der Waals surface area (Å²) in [5, 5.41) is 0. The molecule has 1 aromatic rings. The summed E-state index contributed by atoms with van der Waals surface area (Å²) < 4.78 is 39.9. The van der Waals surface area contributed by atoms with Gasteiger partial charge in [-0.25, -0.2) is 17.1 Å². The SMILES string of the molecule is CN(CC1CCCCC1)S(=O)(=O)c1ccc(F)c(CN)c1. The normalized spacial score (nSPS) is 17.3. The lowest BCUT2D eigenvalue weighted by molar-refractivity contribution is 0.300. The molecule has 21 heavy (non-hydrogen) atoms. The minimum atomic E-state index is -3.58. The molecule has 1 saturated carbocycles. The number of sulfonamides is 1. The van der Waals surface area contributed by atoms with Crippen LogP contribution in [0.15, 0.2) is 23.1 Å². The van der Waals surface area contributed by atoms with E-state index in [0.717, 1.165) is 12.8 Å². The summed E-state index contributed by atoms with van der Waals surface area (Å²) in [7, 11) is -1.98. The van der Waals surface area contributed by atoms with E-state index < -0.39 is 15.8 Å². The highest BCUT2D eigenvalue weighted by Gasteiger charge is 2.25. The fraction of sp³-hybridized carbons (Fsp3) is 0.600. The summed E-state index contributed by atoms with van der Waals surface area (Å²) >= 11 is 0. The number of nitrogens with two attached hydrogens (primary N) is 1. The number of benzene rings is 1. The van der Waals surface area contributed by atoms with Gasteiger partial charge in [0.05, 0.1) is 4.90 Å². The van der Waals surface area contributed by atoms with Gasteiger partial charge >= 0.3 is 0 Å². The number of hydrogen-bond acceptors (Lipinski definition) is 3. The van der Waals surface area contributed by atoms with Crippen LogP contribution in [0.5, 0.6) is 0 Å². The van der Waals surface area contributed by atoms with Crippen molar-refractivity contribution in [2.45, 2.75) is 43.5 Å². The van der Waals surface area contributed by atoms with Crippen molar-refractivity contribution in [3.8, 4) is 0 Å². The molecule has 2 rings (SSSR count). The summed E-state index contributed by atoms with van der Waals surface area (Å²) in [4.78, 5) is 0.114. The van der Waals surface area contributed by atoms with Crippen molar-refractivity contribution in [3.05, 3.63) is 29.6 Å². The van der Waals surface area contributed by atoms with Gasteiger partial charge in [-0.05, 0) is 37.0 Å². The second-order valence-corrected chi connectivity index (χ2v) is 7.79. The van der Waals surface area contributed by atoms with Gasteiger partial charge < -0.3 is 5.73 Å². The van der Waals surface area contributed by atoms with E-state index in [1.165, 1.54) is 41.8 Å². The van der Waals surface area contributed by atoms with Crippen LogP contribution in [0.4, 0.5) is 4.39 Å². The number of rotatable bonds is 5. The van der Waals surface area contributed by atoms with Crippen molar-refractivity contribution in [2.24, 2.45) is 11.7 Å². The van der Waals surface area contributed by atoms with E-state index in [1.54, 1.807) is 7.05 Å². The highest BCUT2D eigenvalue weighted by atomic mass is 32.2. The first-order valence-electron chi connectivity index (χ1n) is 7.40. The van der Waals surface area contributed by atoms with Crippen LogP contribution in [0.1, 0.15) is 37.7 Å². The fourth-order valence-corrected chi connectivity index (χ4v) is 4.18. The van der Waals surface area contributed by atoms with Gasteiger partial charge in [0, 0.05) is 25.7 Å². The standard InChI is InChI=1S/C15H23FN2O2S/c1-18(11-12-5-3-2-4-6-12)21(19,20)14-7-8-15(16)13(9-14)10-17/h7-9,12H,2-6,10-11,17H2,1H3. The van der Waals surface area contributed by atoms with Crippen molar-refractivity contribution in [2.75, 3.05) is 13.6 Å². The van der Waals surface area contributed by atoms with Crippen molar-refractivity contribution in [3.63, 3.8) is 0 Å². The molecule has 4 nitrogen and oxygen atoms in total. The Labute approximate surface area is 126 Å². The van der Waals surface area contributed by atoms with E-state index in [9.17, 15) is 12.8 Å². The lowest BCUT2D eigenvalue weighted by Crippen LogP contribution is -2.32. The predicted molar refractivity (Wildman–Crippen MR) is 80.7 cm³/mol. The van der Waals surface area contributed by atoms with Crippen molar-refractivity contribution >= 4 is 10.0 Å². The van der Waals surface area contributed by atoms with Crippen LogP contribution >= 0.6 is 0 Å². The van der Waals surface area contributed by atoms with Gasteiger partial charge in [-0.2, -0.15) is 0 Å². The van der Waals surface area contributed by atoms with Gasteiger partial charge in [0.15, 0.2) is 0 Å². The second kappa shape index (κ2) is 6.85. The molecule has 1 aromatic carbocycles. The second-order valence-electron chi connectivity index (χ2n) is 5.75. The Hall–Kier alpha value is -0.980. The molecule has 0 unspecified atom stereocenters. The smallest absolute Gasteiger partial charge is 0.242 e. The summed E-state index contributed by atoms with van der Waals surface area (Å²) in [6.45, 7) is 0.513. The Bertz CT molecular complexity index is 583. The Morgan fingerprint density at radius 3 is 2.57 bits per heavy atom. The van der Waals surface area contributed by atoms with Gasteiger partial charge in [-0.1, -0.05) is 19.3 Å². The highest BCUT2D eigenvalue weighted by molar-refractivity contribution is 7.89. The van der Waals surface area contributed by atoms with E-state index in [4.69, 9.17) is 5.73 Å². The van der Waals surface area contributed by atoms with Crippen LogP contribution in [-0.4, -0.2) is 26.3 Å². The van der Waals surface area contributed by atoms with Crippen LogP contribution in [0.2, 0.25) is 0 Å². The first-order chi connectivity index (χ1) is 9.95. The molecule has 1 aliphatic rings. The highest BCUT2D eigenvalue weighted by Crippen LogP contribution is 2.26. The molecule has 0 atom stereocenters. The minimum absolute atomic E-state index is 0.0124. The zero-order valence-corrected chi connectivity index (χ0v) is 13.2. The van der Waals surface area contributed by atoms with E-state index in [-0.39, 0.29) is 17.0 Å². The third kappa shape index (κ3) is 3.81. The molecule has 118 valence electrons. The molecule has 0 saturated heterocycles. The van der Waals surface area contributed by atoms with Gasteiger partial charge in [0.2, 0.25) is 10.0 Å². The van der Waals surface area contributed by atoms with Crippen LogP contribution in [-0.2, 0) is 16.6 Å². The van der Waals surface area contributed by atoms with E-state index in [2.05, 4.69) is 0 Å². The predicted octanol–water partition coefficient (Wildman–Crippen LogP) is 2.49. The number of nitrogens with zero attached hydrogens (tertiary/aromatic N) is 1. The van der Waals surface area contributed by atoms with Crippen LogP contribution < -0.4 is 5.73 Å². The third-order valence-electron chi connectivity index (χ3n) is 4.19. The van der Waals surface area contributed by atoms with Crippen molar-refractivity contribution in [1.82, 2.24) is 4.31 Å². The number of halogens is 1. The molecular weight excluding hydrogens is 291 g/mol. The van der Waals surface area contributed by atoms with E-state index >= 15 is 0 Å². The van der Waals surface area contributed by atoms with Crippen molar-refractivity contribution < 1.29 is 12.8 Å². The molecule has 0 heterocycles. The topological polar surface area (TPSA) is 63.4 Å². The van der Waals surface area contributed by atoms with Gasteiger partial charge in [0.25, 0.3) is 0 Å². The average Bonchev–Trinajstić information content (AvgIpc) is 2.48. The van der Waals surface area contributed by atoms with Gasteiger partial charge in [-0.15, -0.1) is 0 Å². The lowest BCUT2D eigenvalue weighted by atomic mass is 9.89. The molecule has 0 amide bonds. The Kier molecular flexibility index (Phi) is 5.35. The Morgan fingerprint density at radius 2 is 1.95 bits per heavy atom. The van der Waals surface area contributed by atoms with E-state index in [1.807, 2.05) is 0 Å². The maximum absolute atomic E-state index is 13.4. The molecule has 1 fully saturated rings. The largest absolute Gasteiger partial charge is 0.326 e. The zero-order chi connectivity index (χ0) is 15.5. The van der Waals surface area contributed by atoms with Gasteiger partial charge in [-0.3, -0.25) is 0 Å². The molecule has 6 heteroatoms. The maximum Gasteiger partial charge on any atom is 0.242 e. The maximum atomic E-state index is 13.4. The van der Waals surface area contributed by atoms with Crippen LogP contribution in [0.3, 0.4) is 0 Å². The third-order valence-corrected chi connectivity index (χ3v) is 6.00. The number of hydrogen-bond donors (Lipinski definition) is 1. The van der Waals surface area contributed by atoms with E-state index in [0.29, 0.717) is 12.5 Å². The molecule has 0 spiro atoms. The molecule has 1 aliphatic carbocycles.